The number of hydrogen-bond donors (Lipinski definition) is 1. The van der Waals surface area contributed by atoms with E-state index in [1.807, 2.05) is 43.4 Å². The number of hydrogen-bond acceptors (Lipinski definition) is 4. The normalized spacial score (nSPS) is 18.7. The summed E-state index contributed by atoms with van der Waals surface area (Å²) in [5, 5.41) is 2.90. The van der Waals surface area contributed by atoms with E-state index < -0.39 is 0 Å². The van der Waals surface area contributed by atoms with E-state index in [0.29, 0.717) is 24.7 Å². The van der Waals surface area contributed by atoms with Gasteiger partial charge in [-0.2, -0.15) is 0 Å². The van der Waals surface area contributed by atoms with Gasteiger partial charge in [0.25, 0.3) is 5.91 Å². The van der Waals surface area contributed by atoms with Crippen molar-refractivity contribution in [3.63, 3.8) is 0 Å². The largest absolute Gasteiger partial charge is 0.442 e. The number of rotatable bonds is 7. The van der Waals surface area contributed by atoms with Gasteiger partial charge in [-0.05, 0) is 36.6 Å². The van der Waals surface area contributed by atoms with Gasteiger partial charge in [0.05, 0.1) is 13.1 Å². The highest BCUT2D eigenvalue weighted by Gasteiger charge is 2.40. The molecule has 2 aliphatic rings. The number of nitrogens with one attached hydrogen (secondary N) is 1. The summed E-state index contributed by atoms with van der Waals surface area (Å²) in [6, 6.07) is 18.1. The highest BCUT2D eigenvalue weighted by atomic mass is 16.6. The fourth-order valence-electron chi connectivity index (χ4n) is 3.47. The van der Waals surface area contributed by atoms with Crippen molar-refractivity contribution >= 4 is 17.7 Å². The molecule has 4 rings (SSSR count). The van der Waals surface area contributed by atoms with Crippen molar-refractivity contribution in [1.29, 1.82) is 0 Å². The van der Waals surface area contributed by atoms with Crippen LogP contribution in [0.25, 0.3) is 0 Å². The smallest absolute Gasteiger partial charge is 0.410 e. The van der Waals surface area contributed by atoms with Crippen LogP contribution in [0.2, 0.25) is 0 Å². The average molecular weight is 379 g/mol. The van der Waals surface area contributed by atoms with Crippen molar-refractivity contribution in [3.8, 4) is 0 Å². The number of carbonyl (C=O) groups excluding carboxylic acids is 2. The molecule has 1 saturated heterocycles. The monoisotopic (exact) mass is 379 g/mol. The first-order valence-electron chi connectivity index (χ1n) is 9.71. The third kappa shape index (κ3) is 4.27. The zero-order valence-electron chi connectivity index (χ0n) is 16.0. The number of benzene rings is 2. The summed E-state index contributed by atoms with van der Waals surface area (Å²) in [7, 11) is 2.01. The molecule has 2 fully saturated rings. The van der Waals surface area contributed by atoms with Crippen molar-refractivity contribution in [3.05, 3.63) is 65.7 Å². The Morgan fingerprint density at radius 2 is 1.96 bits per heavy atom. The van der Waals surface area contributed by atoms with Gasteiger partial charge in [0, 0.05) is 30.9 Å². The molecule has 28 heavy (non-hydrogen) atoms. The van der Waals surface area contributed by atoms with Crippen molar-refractivity contribution < 1.29 is 14.3 Å². The molecule has 1 heterocycles. The third-order valence-corrected chi connectivity index (χ3v) is 5.19. The lowest BCUT2D eigenvalue weighted by molar-refractivity contribution is 0.0914. The van der Waals surface area contributed by atoms with Gasteiger partial charge in [-0.15, -0.1) is 0 Å². The lowest BCUT2D eigenvalue weighted by Crippen LogP contribution is -2.35. The van der Waals surface area contributed by atoms with Crippen molar-refractivity contribution in [1.82, 2.24) is 10.2 Å². The zero-order valence-corrected chi connectivity index (χ0v) is 16.0. The van der Waals surface area contributed by atoms with Crippen LogP contribution in [-0.4, -0.2) is 49.2 Å². The summed E-state index contributed by atoms with van der Waals surface area (Å²) in [6.07, 6.45) is 1.57. The number of ether oxygens (including phenoxy) is 1. The van der Waals surface area contributed by atoms with E-state index in [9.17, 15) is 9.59 Å². The molecule has 1 unspecified atom stereocenters. The Balaban J connectivity index is 1.33. The first kappa shape index (κ1) is 18.3. The molecule has 6 heteroatoms. The second-order valence-corrected chi connectivity index (χ2v) is 7.49. The quantitative estimate of drug-likeness (QED) is 0.803. The first-order valence-corrected chi connectivity index (χ1v) is 9.71. The molecule has 2 amide bonds. The Hall–Kier alpha value is -3.02. The summed E-state index contributed by atoms with van der Waals surface area (Å²) in [5.41, 5.74) is 2.78. The van der Waals surface area contributed by atoms with Crippen LogP contribution in [0.1, 0.15) is 28.8 Å². The topological polar surface area (TPSA) is 61.9 Å². The minimum Gasteiger partial charge on any atom is -0.442 e. The molecule has 0 aromatic heterocycles. The fourth-order valence-corrected chi connectivity index (χ4v) is 3.47. The van der Waals surface area contributed by atoms with Crippen LogP contribution >= 0.6 is 0 Å². The van der Waals surface area contributed by atoms with E-state index in [1.165, 1.54) is 5.56 Å². The molecule has 1 aliphatic heterocycles. The van der Waals surface area contributed by atoms with Gasteiger partial charge < -0.3 is 19.9 Å². The van der Waals surface area contributed by atoms with Crippen molar-refractivity contribution in [2.24, 2.45) is 0 Å². The van der Waals surface area contributed by atoms with Gasteiger partial charge in [-0.1, -0.05) is 36.4 Å². The maximum Gasteiger partial charge on any atom is 0.410 e. The zero-order chi connectivity index (χ0) is 19.5. The Bertz CT molecular complexity index is 851. The Labute approximate surface area is 165 Å². The number of amides is 2. The molecular weight excluding hydrogens is 354 g/mol. The van der Waals surface area contributed by atoms with E-state index >= 15 is 0 Å². The molecule has 0 bridgehead atoms. The van der Waals surface area contributed by atoms with Gasteiger partial charge in [-0.3, -0.25) is 4.79 Å². The van der Waals surface area contributed by atoms with E-state index in [-0.39, 0.29) is 18.1 Å². The van der Waals surface area contributed by atoms with Crippen LogP contribution in [0.3, 0.4) is 0 Å². The van der Waals surface area contributed by atoms with E-state index in [2.05, 4.69) is 22.3 Å². The summed E-state index contributed by atoms with van der Waals surface area (Å²) < 4.78 is 5.35. The van der Waals surface area contributed by atoms with Crippen LogP contribution in [0, 0.1) is 0 Å². The number of nitrogens with zero attached hydrogens (tertiary/aromatic N) is 2. The van der Waals surface area contributed by atoms with Gasteiger partial charge in [0.2, 0.25) is 0 Å². The highest BCUT2D eigenvalue weighted by Crippen LogP contribution is 2.30. The Kier molecular flexibility index (Phi) is 5.19. The average Bonchev–Trinajstić information content (AvgIpc) is 3.49. The summed E-state index contributed by atoms with van der Waals surface area (Å²) in [6.45, 7) is 1.66. The number of cyclic esters (lactones) is 1. The van der Waals surface area contributed by atoms with Crippen molar-refractivity contribution in [2.75, 3.05) is 25.0 Å². The predicted octanol–water partition coefficient (Wildman–Crippen LogP) is 3.04. The Morgan fingerprint density at radius 1 is 1.18 bits per heavy atom. The molecule has 6 nitrogen and oxygen atoms in total. The highest BCUT2D eigenvalue weighted by molar-refractivity contribution is 5.95. The maximum absolute atomic E-state index is 12.6. The van der Waals surface area contributed by atoms with Gasteiger partial charge in [-0.25, -0.2) is 4.79 Å². The van der Waals surface area contributed by atoms with Crippen LogP contribution in [0.15, 0.2) is 54.6 Å². The molecular formula is C22H25N3O3. The lowest BCUT2D eigenvalue weighted by Gasteiger charge is -2.20. The number of carbonyl (C=O) groups is 2. The molecule has 2 aromatic rings. The molecule has 0 radical (unpaired) electrons. The first-order chi connectivity index (χ1) is 13.6. The van der Waals surface area contributed by atoms with E-state index in [4.69, 9.17) is 4.74 Å². The van der Waals surface area contributed by atoms with Gasteiger partial charge in [0.15, 0.2) is 0 Å². The standard InChI is InChI=1S/C22H25N3O3/c1-24(14-16-6-3-2-4-7-16)19-9-5-8-17(12-19)21(26)23-13-20-15-25(18-10-11-18)22(27)28-20/h2-9,12,18,20H,10-11,13-15H2,1H3,(H,23,26). The summed E-state index contributed by atoms with van der Waals surface area (Å²) in [5.74, 6) is -0.157. The van der Waals surface area contributed by atoms with E-state index in [0.717, 1.165) is 25.1 Å². The molecule has 2 aromatic carbocycles. The van der Waals surface area contributed by atoms with Crippen LogP contribution in [-0.2, 0) is 11.3 Å². The molecule has 0 spiro atoms. The second kappa shape index (κ2) is 7.92. The maximum atomic E-state index is 12.6. The second-order valence-electron chi connectivity index (χ2n) is 7.49. The minimum atomic E-state index is -0.277. The fraction of sp³-hybridized carbons (Fsp3) is 0.364. The Morgan fingerprint density at radius 3 is 2.71 bits per heavy atom. The minimum absolute atomic E-state index is 0.157. The molecule has 1 aliphatic carbocycles. The summed E-state index contributed by atoms with van der Waals surface area (Å²) in [4.78, 5) is 28.3. The predicted molar refractivity (Wildman–Crippen MR) is 107 cm³/mol. The van der Waals surface area contributed by atoms with Crippen molar-refractivity contribution in [2.45, 2.75) is 31.5 Å². The van der Waals surface area contributed by atoms with Crippen LogP contribution in [0.5, 0.6) is 0 Å². The molecule has 1 atom stereocenters. The SMILES string of the molecule is CN(Cc1ccccc1)c1cccc(C(=O)NCC2CN(C3CC3)C(=O)O2)c1. The number of anilines is 1. The van der Waals surface area contributed by atoms with E-state index in [1.54, 1.807) is 11.0 Å². The van der Waals surface area contributed by atoms with Crippen LogP contribution < -0.4 is 10.2 Å². The third-order valence-electron chi connectivity index (χ3n) is 5.19. The molecule has 146 valence electrons. The lowest BCUT2D eigenvalue weighted by atomic mass is 10.1. The van der Waals surface area contributed by atoms with Gasteiger partial charge in [0.1, 0.15) is 6.10 Å². The molecule has 1 N–H and O–H groups in total. The molecule has 1 saturated carbocycles. The van der Waals surface area contributed by atoms with Gasteiger partial charge >= 0.3 is 6.09 Å². The van der Waals surface area contributed by atoms with Crippen LogP contribution in [0.4, 0.5) is 10.5 Å². The summed E-state index contributed by atoms with van der Waals surface area (Å²) >= 11 is 0.